The van der Waals surface area contributed by atoms with Crippen molar-refractivity contribution in [2.75, 3.05) is 26.2 Å². The minimum Gasteiger partial charge on any atom is -0.330 e. The van der Waals surface area contributed by atoms with E-state index in [2.05, 4.69) is 24.8 Å². The Morgan fingerprint density at radius 3 is 2.83 bits per heavy atom. The van der Waals surface area contributed by atoms with Crippen molar-refractivity contribution in [1.82, 2.24) is 4.90 Å². The van der Waals surface area contributed by atoms with Gasteiger partial charge in [0.1, 0.15) is 0 Å². The molecule has 1 heterocycles. The zero-order valence-corrected chi connectivity index (χ0v) is 8.21. The number of nitrogens with two attached hydrogens (primary N) is 1. The Morgan fingerprint density at radius 2 is 2.33 bits per heavy atom. The van der Waals surface area contributed by atoms with Crippen LogP contribution >= 0.6 is 0 Å². The van der Waals surface area contributed by atoms with E-state index in [9.17, 15) is 0 Å². The van der Waals surface area contributed by atoms with Gasteiger partial charge in [0.2, 0.25) is 0 Å². The molecule has 2 nitrogen and oxygen atoms in total. The second kappa shape index (κ2) is 4.63. The van der Waals surface area contributed by atoms with Gasteiger partial charge in [-0.25, -0.2) is 0 Å². The van der Waals surface area contributed by atoms with Gasteiger partial charge in [-0.05, 0) is 39.3 Å². The average Bonchev–Trinajstić information content (AvgIpc) is 2.48. The zero-order valence-electron chi connectivity index (χ0n) is 8.21. The first-order valence-corrected chi connectivity index (χ1v) is 4.78. The number of likely N-dealkylation sites (tertiary alicyclic amines) is 1. The van der Waals surface area contributed by atoms with Crippen molar-refractivity contribution in [3.05, 3.63) is 11.6 Å². The average molecular weight is 168 g/mol. The molecule has 0 saturated carbocycles. The number of hydrogen-bond donors (Lipinski definition) is 1. The fourth-order valence-corrected chi connectivity index (χ4v) is 1.58. The third-order valence-electron chi connectivity index (χ3n) is 2.46. The molecule has 0 aromatic carbocycles. The molecule has 0 aliphatic carbocycles. The van der Waals surface area contributed by atoms with Crippen LogP contribution < -0.4 is 5.73 Å². The Hall–Kier alpha value is -0.340. The highest BCUT2D eigenvalue weighted by molar-refractivity contribution is 4.96. The molecule has 0 bridgehead atoms. The van der Waals surface area contributed by atoms with Gasteiger partial charge in [0.15, 0.2) is 0 Å². The van der Waals surface area contributed by atoms with Crippen LogP contribution in [-0.4, -0.2) is 31.1 Å². The molecular weight excluding hydrogens is 148 g/mol. The van der Waals surface area contributed by atoms with Crippen LogP contribution in [0, 0.1) is 5.92 Å². The molecular formula is C10H20N2. The standard InChI is InChI=1S/C10H20N2/c1-9(2)3-5-12-6-4-10(7-11)8-12/h3,10H,4-8,11H2,1-2H3. The second-order valence-corrected chi connectivity index (χ2v) is 3.93. The van der Waals surface area contributed by atoms with Crippen molar-refractivity contribution in [1.29, 1.82) is 0 Å². The number of rotatable bonds is 3. The predicted octanol–water partition coefficient (Wildman–Crippen LogP) is 1.23. The Kier molecular flexibility index (Phi) is 3.76. The Balaban J connectivity index is 2.23. The summed E-state index contributed by atoms with van der Waals surface area (Å²) in [5.41, 5.74) is 7.02. The molecule has 1 aliphatic heterocycles. The normalized spacial score (nSPS) is 24.4. The summed E-state index contributed by atoms with van der Waals surface area (Å²) in [6.07, 6.45) is 3.58. The predicted molar refractivity (Wildman–Crippen MR) is 53.0 cm³/mol. The largest absolute Gasteiger partial charge is 0.330 e. The molecule has 1 atom stereocenters. The van der Waals surface area contributed by atoms with Gasteiger partial charge < -0.3 is 5.73 Å². The summed E-state index contributed by atoms with van der Waals surface area (Å²) in [5.74, 6) is 0.746. The van der Waals surface area contributed by atoms with Crippen LogP contribution in [0.15, 0.2) is 11.6 Å². The minimum atomic E-state index is 0.746. The van der Waals surface area contributed by atoms with Crippen LogP contribution in [0.1, 0.15) is 20.3 Å². The van der Waals surface area contributed by atoms with E-state index in [0.717, 1.165) is 19.0 Å². The molecule has 0 amide bonds. The van der Waals surface area contributed by atoms with Gasteiger partial charge >= 0.3 is 0 Å². The van der Waals surface area contributed by atoms with Crippen molar-refractivity contribution < 1.29 is 0 Å². The lowest BCUT2D eigenvalue weighted by atomic mass is 10.1. The van der Waals surface area contributed by atoms with Gasteiger partial charge in [0.05, 0.1) is 0 Å². The van der Waals surface area contributed by atoms with E-state index in [0.29, 0.717) is 0 Å². The molecule has 1 aliphatic rings. The van der Waals surface area contributed by atoms with E-state index < -0.39 is 0 Å². The molecule has 70 valence electrons. The first kappa shape index (κ1) is 9.75. The van der Waals surface area contributed by atoms with E-state index in [1.807, 2.05) is 0 Å². The van der Waals surface area contributed by atoms with Crippen molar-refractivity contribution in [2.45, 2.75) is 20.3 Å². The molecule has 0 aromatic rings. The second-order valence-electron chi connectivity index (χ2n) is 3.93. The summed E-state index contributed by atoms with van der Waals surface area (Å²) in [7, 11) is 0. The molecule has 12 heavy (non-hydrogen) atoms. The molecule has 0 radical (unpaired) electrons. The molecule has 0 aromatic heterocycles. The third-order valence-corrected chi connectivity index (χ3v) is 2.46. The molecule has 2 heteroatoms. The fraction of sp³-hybridized carbons (Fsp3) is 0.800. The van der Waals surface area contributed by atoms with Gasteiger partial charge in [0.25, 0.3) is 0 Å². The van der Waals surface area contributed by atoms with Gasteiger partial charge in [-0.1, -0.05) is 11.6 Å². The van der Waals surface area contributed by atoms with E-state index in [1.165, 1.54) is 25.1 Å². The molecule has 1 rings (SSSR count). The number of nitrogens with zero attached hydrogens (tertiary/aromatic N) is 1. The first-order valence-electron chi connectivity index (χ1n) is 4.78. The van der Waals surface area contributed by atoms with E-state index in [4.69, 9.17) is 5.73 Å². The quantitative estimate of drug-likeness (QED) is 0.642. The van der Waals surface area contributed by atoms with Crippen LogP contribution in [0.2, 0.25) is 0 Å². The van der Waals surface area contributed by atoms with Gasteiger partial charge in [0, 0.05) is 13.1 Å². The molecule has 1 unspecified atom stereocenters. The number of hydrogen-bond acceptors (Lipinski definition) is 2. The first-order chi connectivity index (χ1) is 5.72. The number of allylic oxidation sites excluding steroid dienone is 1. The van der Waals surface area contributed by atoms with Crippen LogP contribution in [0.3, 0.4) is 0 Å². The van der Waals surface area contributed by atoms with Crippen molar-refractivity contribution >= 4 is 0 Å². The van der Waals surface area contributed by atoms with Crippen LogP contribution in [0.25, 0.3) is 0 Å². The smallest absolute Gasteiger partial charge is 0.0165 e. The maximum Gasteiger partial charge on any atom is 0.0165 e. The summed E-state index contributed by atoms with van der Waals surface area (Å²) in [6, 6.07) is 0. The van der Waals surface area contributed by atoms with Gasteiger partial charge in [-0.15, -0.1) is 0 Å². The summed E-state index contributed by atoms with van der Waals surface area (Å²) < 4.78 is 0. The topological polar surface area (TPSA) is 29.3 Å². The molecule has 0 spiro atoms. The van der Waals surface area contributed by atoms with Gasteiger partial charge in [-0.2, -0.15) is 0 Å². The fourth-order valence-electron chi connectivity index (χ4n) is 1.58. The SMILES string of the molecule is CC(C)=CCN1CCC(CN)C1. The summed E-state index contributed by atoms with van der Waals surface area (Å²) in [5, 5.41) is 0. The maximum atomic E-state index is 5.61. The molecule has 1 fully saturated rings. The highest BCUT2D eigenvalue weighted by Crippen LogP contribution is 2.14. The lowest BCUT2D eigenvalue weighted by Gasteiger charge is -2.12. The van der Waals surface area contributed by atoms with Crippen molar-refractivity contribution in [2.24, 2.45) is 11.7 Å². The lowest BCUT2D eigenvalue weighted by molar-refractivity contribution is 0.360. The Labute approximate surface area is 75.4 Å². The monoisotopic (exact) mass is 168 g/mol. The minimum absolute atomic E-state index is 0.746. The third kappa shape index (κ3) is 2.95. The maximum absolute atomic E-state index is 5.61. The van der Waals surface area contributed by atoms with Crippen molar-refractivity contribution in [3.63, 3.8) is 0 Å². The van der Waals surface area contributed by atoms with E-state index >= 15 is 0 Å². The highest BCUT2D eigenvalue weighted by Gasteiger charge is 2.19. The van der Waals surface area contributed by atoms with Crippen molar-refractivity contribution in [3.8, 4) is 0 Å². The summed E-state index contributed by atoms with van der Waals surface area (Å²) in [6.45, 7) is 8.68. The van der Waals surface area contributed by atoms with E-state index in [-0.39, 0.29) is 0 Å². The van der Waals surface area contributed by atoms with Crippen LogP contribution in [-0.2, 0) is 0 Å². The molecule has 2 N–H and O–H groups in total. The Morgan fingerprint density at radius 1 is 1.58 bits per heavy atom. The van der Waals surface area contributed by atoms with Crippen LogP contribution in [0.5, 0.6) is 0 Å². The molecule has 1 saturated heterocycles. The lowest BCUT2D eigenvalue weighted by Crippen LogP contribution is -2.23. The summed E-state index contributed by atoms with van der Waals surface area (Å²) in [4.78, 5) is 2.48. The Bertz CT molecular complexity index is 159. The van der Waals surface area contributed by atoms with Gasteiger partial charge in [-0.3, -0.25) is 4.90 Å². The van der Waals surface area contributed by atoms with E-state index in [1.54, 1.807) is 0 Å². The highest BCUT2D eigenvalue weighted by atomic mass is 15.1. The van der Waals surface area contributed by atoms with Crippen LogP contribution in [0.4, 0.5) is 0 Å². The summed E-state index contributed by atoms with van der Waals surface area (Å²) >= 11 is 0. The zero-order chi connectivity index (χ0) is 8.97.